The van der Waals surface area contributed by atoms with E-state index in [0.29, 0.717) is 23.6 Å². The molecule has 0 unspecified atom stereocenters. The molecule has 1 heterocycles. The van der Waals surface area contributed by atoms with E-state index >= 15 is 0 Å². The summed E-state index contributed by atoms with van der Waals surface area (Å²) in [5.41, 5.74) is 2.34. The number of imide groups is 1. The van der Waals surface area contributed by atoms with Crippen LogP contribution >= 0.6 is 0 Å². The van der Waals surface area contributed by atoms with Gasteiger partial charge >= 0.3 is 0 Å². The minimum atomic E-state index is -0.650. The Balaban J connectivity index is 1.75. The Morgan fingerprint density at radius 3 is 2.21 bits per heavy atom. The number of para-hydroxylation sites is 1. The third kappa shape index (κ3) is 4.50. The van der Waals surface area contributed by atoms with Crippen LogP contribution in [0.15, 0.2) is 78.5 Å². The number of hydrogen-bond donors (Lipinski definition) is 1. The average Bonchev–Trinajstić information content (AvgIpc) is 3.08. The highest BCUT2D eigenvalue weighted by atomic mass is 19.1. The molecule has 2 amide bonds. The van der Waals surface area contributed by atoms with E-state index in [1.165, 1.54) is 18.2 Å². The standard InChI is InChI=1S/C27H26FN3O3/c1-4-17-34-21-15-9-18(10-16-21)24-25(29-19-11-13-20(14-12-19)30(2)3)27(33)31(26(24)32)23-8-6-5-7-22(23)28/h5-16,29H,4,17H2,1-3H3. The van der Waals surface area contributed by atoms with Crippen LogP contribution in [-0.4, -0.2) is 32.5 Å². The summed E-state index contributed by atoms with van der Waals surface area (Å²) in [7, 11) is 3.87. The maximum absolute atomic E-state index is 14.6. The molecule has 3 aromatic rings. The third-order valence-electron chi connectivity index (χ3n) is 5.45. The summed E-state index contributed by atoms with van der Waals surface area (Å²) < 4.78 is 20.2. The molecule has 1 aliphatic heterocycles. The normalized spacial score (nSPS) is 13.5. The zero-order chi connectivity index (χ0) is 24.2. The molecule has 3 aromatic carbocycles. The molecule has 4 rings (SSSR count). The Bertz CT molecular complexity index is 1230. The van der Waals surface area contributed by atoms with E-state index in [1.807, 2.05) is 50.2 Å². The summed E-state index contributed by atoms with van der Waals surface area (Å²) >= 11 is 0. The molecule has 7 heteroatoms. The van der Waals surface area contributed by atoms with Crippen molar-refractivity contribution >= 4 is 34.4 Å². The Morgan fingerprint density at radius 1 is 0.912 bits per heavy atom. The Labute approximate surface area is 198 Å². The largest absolute Gasteiger partial charge is 0.494 e. The van der Waals surface area contributed by atoms with Crippen LogP contribution in [0.4, 0.5) is 21.5 Å². The quantitative estimate of drug-likeness (QED) is 0.476. The second-order valence-electron chi connectivity index (χ2n) is 8.09. The van der Waals surface area contributed by atoms with Crippen molar-refractivity contribution in [2.75, 3.05) is 35.8 Å². The lowest BCUT2D eigenvalue weighted by Gasteiger charge is -2.16. The van der Waals surface area contributed by atoms with Gasteiger partial charge in [0.25, 0.3) is 11.8 Å². The van der Waals surface area contributed by atoms with E-state index in [0.717, 1.165) is 17.0 Å². The molecule has 174 valence electrons. The van der Waals surface area contributed by atoms with Gasteiger partial charge in [0.1, 0.15) is 17.3 Å². The fraction of sp³-hybridized carbons (Fsp3) is 0.185. The summed E-state index contributed by atoms with van der Waals surface area (Å²) in [4.78, 5) is 29.7. The summed E-state index contributed by atoms with van der Waals surface area (Å²) in [5.74, 6) is -1.19. The van der Waals surface area contributed by atoms with Crippen LogP contribution in [0.3, 0.4) is 0 Å². The lowest BCUT2D eigenvalue weighted by Crippen LogP contribution is -2.33. The van der Waals surface area contributed by atoms with Gasteiger partial charge in [0, 0.05) is 25.5 Å². The van der Waals surface area contributed by atoms with E-state index < -0.39 is 17.6 Å². The van der Waals surface area contributed by atoms with Crippen molar-refractivity contribution in [2.45, 2.75) is 13.3 Å². The van der Waals surface area contributed by atoms with Crippen LogP contribution < -0.4 is 19.9 Å². The molecule has 0 aliphatic carbocycles. The van der Waals surface area contributed by atoms with Crippen LogP contribution in [0.5, 0.6) is 5.75 Å². The van der Waals surface area contributed by atoms with Crippen LogP contribution in [0.25, 0.3) is 5.57 Å². The molecule has 0 aromatic heterocycles. The van der Waals surface area contributed by atoms with Gasteiger partial charge in [-0.1, -0.05) is 31.2 Å². The summed E-state index contributed by atoms with van der Waals surface area (Å²) in [6.45, 7) is 2.60. The van der Waals surface area contributed by atoms with Crippen LogP contribution in [0, 0.1) is 5.82 Å². The highest BCUT2D eigenvalue weighted by Gasteiger charge is 2.41. The molecule has 6 nitrogen and oxygen atoms in total. The van der Waals surface area contributed by atoms with E-state index in [9.17, 15) is 14.0 Å². The summed E-state index contributed by atoms with van der Waals surface area (Å²) in [6.07, 6.45) is 0.873. The van der Waals surface area contributed by atoms with Crippen molar-refractivity contribution < 1.29 is 18.7 Å². The molecular formula is C27H26FN3O3. The topological polar surface area (TPSA) is 61.9 Å². The lowest BCUT2D eigenvalue weighted by atomic mass is 10.0. The predicted molar refractivity (Wildman–Crippen MR) is 132 cm³/mol. The monoisotopic (exact) mass is 459 g/mol. The highest BCUT2D eigenvalue weighted by Crippen LogP contribution is 2.35. The Kier molecular flexibility index (Phi) is 6.63. The van der Waals surface area contributed by atoms with E-state index in [1.54, 1.807) is 30.3 Å². The van der Waals surface area contributed by atoms with Crippen molar-refractivity contribution in [3.8, 4) is 5.75 Å². The molecule has 1 aliphatic rings. The Hall–Kier alpha value is -4.13. The summed E-state index contributed by atoms with van der Waals surface area (Å²) in [5, 5.41) is 3.10. The van der Waals surface area contributed by atoms with Gasteiger partial charge in [0.2, 0.25) is 0 Å². The van der Waals surface area contributed by atoms with Gasteiger partial charge < -0.3 is 15.0 Å². The summed E-state index contributed by atoms with van der Waals surface area (Å²) in [6, 6.07) is 20.2. The minimum Gasteiger partial charge on any atom is -0.494 e. The fourth-order valence-electron chi connectivity index (χ4n) is 3.69. The van der Waals surface area contributed by atoms with Crippen molar-refractivity contribution in [1.82, 2.24) is 0 Å². The molecule has 0 bridgehead atoms. The highest BCUT2D eigenvalue weighted by molar-refractivity contribution is 6.46. The number of nitrogens with one attached hydrogen (secondary N) is 1. The van der Waals surface area contributed by atoms with E-state index in [4.69, 9.17) is 4.74 Å². The molecular weight excluding hydrogens is 433 g/mol. The predicted octanol–water partition coefficient (Wildman–Crippen LogP) is 5.08. The van der Waals surface area contributed by atoms with Gasteiger partial charge in [0.15, 0.2) is 0 Å². The van der Waals surface area contributed by atoms with E-state index in [2.05, 4.69) is 5.32 Å². The second kappa shape index (κ2) is 9.79. The molecule has 0 saturated heterocycles. The lowest BCUT2D eigenvalue weighted by molar-refractivity contribution is -0.120. The first-order valence-electron chi connectivity index (χ1n) is 11.1. The second-order valence-corrected chi connectivity index (χ2v) is 8.09. The van der Waals surface area contributed by atoms with Crippen LogP contribution in [0.2, 0.25) is 0 Å². The van der Waals surface area contributed by atoms with E-state index in [-0.39, 0.29) is 17.0 Å². The van der Waals surface area contributed by atoms with Crippen LogP contribution in [0.1, 0.15) is 18.9 Å². The molecule has 0 atom stereocenters. The molecule has 34 heavy (non-hydrogen) atoms. The molecule has 0 spiro atoms. The van der Waals surface area contributed by atoms with Crippen molar-refractivity contribution in [1.29, 1.82) is 0 Å². The first-order valence-corrected chi connectivity index (χ1v) is 11.1. The smallest absolute Gasteiger partial charge is 0.282 e. The van der Waals surface area contributed by atoms with Crippen molar-refractivity contribution in [3.63, 3.8) is 0 Å². The van der Waals surface area contributed by atoms with Gasteiger partial charge in [-0.25, -0.2) is 9.29 Å². The number of amides is 2. The number of rotatable bonds is 8. The SMILES string of the molecule is CCCOc1ccc(C2=C(Nc3ccc(N(C)C)cc3)C(=O)N(c3ccccc3F)C2=O)cc1. The first kappa shape index (κ1) is 23.0. The maximum Gasteiger partial charge on any atom is 0.282 e. The first-order chi connectivity index (χ1) is 16.4. The number of anilines is 3. The Morgan fingerprint density at radius 2 is 1.59 bits per heavy atom. The van der Waals surface area contributed by atoms with Crippen molar-refractivity contribution in [3.05, 3.63) is 89.9 Å². The third-order valence-corrected chi connectivity index (χ3v) is 5.45. The van der Waals surface area contributed by atoms with Gasteiger partial charge in [0.05, 0.1) is 17.9 Å². The molecule has 0 saturated carbocycles. The number of halogens is 1. The fourth-order valence-corrected chi connectivity index (χ4v) is 3.69. The minimum absolute atomic E-state index is 0.0855. The van der Waals surface area contributed by atoms with Crippen LogP contribution in [-0.2, 0) is 9.59 Å². The average molecular weight is 460 g/mol. The van der Waals surface area contributed by atoms with Gasteiger partial charge in [-0.15, -0.1) is 0 Å². The number of nitrogens with zero attached hydrogens (tertiary/aromatic N) is 2. The zero-order valence-corrected chi connectivity index (χ0v) is 19.3. The number of benzene rings is 3. The molecule has 0 fully saturated rings. The zero-order valence-electron chi connectivity index (χ0n) is 19.3. The number of ether oxygens (including phenoxy) is 1. The van der Waals surface area contributed by atoms with Gasteiger partial charge in [-0.05, 0) is 60.5 Å². The van der Waals surface area contributed by atoms with Crippen molar-refractivity contribution in [2.24, 2.45) is 0 Å². The maximum atomic E-state index is 14.6. The molecule has 0 radical (unpaired) electrons. The van der Waals surface area contributed by atoms with Gasteiger partial charge in [-0.3, -0.25) is 9.59 Å². The number of carbonyl (C=O) groups is 2. The number of hydrogen-bond acceptors (Lipinski definition) is 5. The number of carbonyl (C=O) groups excluding carboxylic acids is 2. The molecule has 1 N–H and O–H groups in total. The van der Waals surface area contributed by atoms with Gasteiger partial charge in [-0.2, -0.15) is 0 Å².